The van der Waals surface area contributed by atoms with Gasteiger partial charge in [-0.05, 0) is 24.6 Å². The minimum absolute atomic E-state index is 0.0356. The molecule has 6 N–H and O–H groups in total. The molecule has 0 unspecified atom stereocenters. The number of aryl methyl sites for hydroxylation is 1. The second-order valence-corrected chi connectivity index (χ2v) is 8.73. The van der Waals surface area contributed by atoms with Crippen LogP contribution in [0.4, 0.5) is 5.69 Å². The highest BCUT2D eigenvalue weighted by Gasteiger charge is 2.45. The number of unbranched alkanes of at least 4 members (excludes halogenated alkanes) is 5. The summed E-state index contributed by atoms with van der Waals surface area (Å²) in [6.07, 6.45) is -1.07. The van der Waals surface area contributed by atoms with Crippen molar-refractivity contribution >= 4 is 16.6 Å². The number of aromatic nitrogens is 1. The molecule has 1 aromatic heterocycles. The fourth-order valence-corrected chi connectivity index (χ4v) is 4.08. The Morgan fingerprint density at radius 1 is 1.03 bits per heavy atom. The number of ether oxygens (including phenoxy) is 3. The molecule has 0 aliphatic carbocycles. The van der Waals surface area contributed by atoms with Gasteiger partial charge in [0.1, 0.15) is 24.4 Å². The third kappa shape index (κ3) is 5.64. The number of rotatable bonds is 11. The second-order valence-electron chi connectivity index (χ2n) is 8.73. The molecule has 1 aliphatic heterocycles. The molecule has 1 aliphatic rings. The third-order valence-electron chi connectivity index (χ3n) is 6.16. The minimum atomic E-state index is -1.63. The van der Waals surface area contributed by atoms with Gasteiger partial charge in [0, 0.05) is 18.1 Å². The first-order valence-corrected chi connectivity index (χ1v) is 11.8. The van der Waals surface area contributed by atoms with Gasteiger partial charge >= 0.3 is 0 Å². The van der Waals surface area contributed by atoms with Crippen molar-refractivity contribution in [3.05, 3.63) is 28.6 Å². The Kier molecular flexibility index (Phi) is 9.15. The molecule has 10 nitrogen and oxygen atoms in total. The van der Waals surface area contributed by atoms with E-state index < -0.39 is 42.9 Å². The zero-order valence-corrected chi connectivity index (χ0v) is 19.7. The molecule has 0 radical (unpaired) electrons. The minimum Gasteiger partial charge on any atom is -0.485 e. The lowest BCUT2D eigenvalue weighted by atomic mass is 9.99. The molecule has 0 saturated carbocycles. The lowest BCUT2D eigenvalue weighted by molar-refractivity contribution is -0.277. The van der Waals surface area contributed by atoms with Crippen LogP contribution < -0.4 is 20.8 Å². The Labute approximate surface area is 198 Å². The summed E-state index contributed by atoms with van der Waals surface area (Å²) in [6.45, 7) is 1.86. The van der Waals surface area contributed by atoms with Gasteiger partial charge < -0.3 is 44.9 Å². The Hall–Kier alpha value is -2.37. The Morgan fingerprint density at radius 3 is 2.44 bits per heavy atom. The highest BCUT2D eigenvalue weighted by atomic mass is 16.7. The number of hydrogen-bond acceptors (Lipinski definition) is 9. The Bertz CT molecular complexity index is 1010. The molecule has 1 saturated heterocycles. The highest BCUT2D eigenvalue weighted by Crippen LogP contribution is 2.36. The van der Waals surface area contributed by atoms with Crippen molar-refractivity contribution in [2.24, 2.45) is 7.05 Å². The predicted octanol–water partition coefficient (Wildman–Crippen LogP) is 1.04. The van der Waals surface area contributed by atoms with Crippen LogP contribution in [0.3, 0.4) is 0 Å². The quantitative estimate of drug-likeness (QED) is 0.234. The number of nitrogens with zero attached hydrogens (tertiary/aromatic N) is 1. The number of nitrogen functional groups attached to an aromatic ring is 1. The lowest BCUT2D eigenvalue weighted by Gasteiger charge is -2.39. The molecule has 190 valence electrons. The van der Waals surface area contributed by atoms with Crippen molar-refractivity contribution < 1.29 is 34.6 Å². The number of nitrogens with two attached hydrogens (primary N) is 1. The Morgan fingerprint density at radius 2 is 1.74 bits per heavy atom. The van der Waals surface area contributed by atoms with Crippen LogP contribution in [-0.2, 0) is 11.8 Å². The van der Waals surface area contributed by atoms with Gasteiger partial charge in [-0.3, -0.25) is 4.79 Å². The fraction of sp³-hybridized carbons (Fsp3) is 0.625. The third-order valence-corrected chi connectivity index (χ3v) is 6.16. The standard InChI is InChI=1S/C24H36N2O8/c1-3-4-5-6-7-8-11-32-22-21(15-10-9-14(25)12-16(15)26(2)23(22)31)34-24-20(30)19(29)18(28)17(13-27)33-24/h9-10,12,17-20,24,27-30H,3-8,11,13,25H2,1-2H3/t17-,18+,19+,20-,24+/m1/s1. The van der Waals surface area contributed by atoms with Crippen LogP contribution in [-0.4, -0.2) is 68.9 Å². The zero-order chi connectivity index (χ0) is 24.8. The van der Waals surface area contributed by atoms with E-state index in [2.05, 4.69) is 6.92 Å². The van der Waals surface area contributed by atoms with Gasteiger partial charge in [-0.2, -0.15) is 0 Å². The van der Waals surface area contributed by atoms with Crippen LogP contribution in [0, 0.1) is 0 Å². The molecule has 0 amide bonds. The van der Waals surface area contributed by atoms with Crippen molar-refractivity contribution in [3.8, 4) is 11.5 Å². The normalized spacial score (nSPS) is 24.9. The summed E-state index contributed by atoms with van der Waals surface area (Å²) < 4.78 is 18.7. The van der Waals surface area contributed by atoms with Gasteiger partial charge in [0.2, 0.25) is 12.0 Å². The zero-order valence-electron chi connectivity index (χ0n) is 19.7. The smallest absolute Gasteiger partial charge is 0.297 e. The summed E-state index contributed by atoms with van der Waals surface area (Å²) in [7, 11) is 1.60. The molecule has 3 rings (SSSR count). The molecule has 2 aromatic rings. The lowest BCUT2D eigenvalue weighted by Crippen LogP contribution is -2.60. The first-order valence-electron chi connectivity index (χ1n) is 11.8. The highest BCUT2D eigenvalue weighted by molar-refractivity contribution is 5.90. The second kappa shape index (κ2) is 11.9. The van der Waals surface area contributed by atoms with Crippen molar-refractivity contribution in [1.82, 2.24) is 4.57 Å². The maximum atomic E-state index is 13.2. The van der Waals surface area contributed by atoms with Gasteiger partial charge in [-0.15, -0.1) is 0 Å². The van der Waals surface area contributed by atoms with E-state index in [9.17, 15) is 25.2 Å². The van der Waals surface area contributed by atoms with E-state index in [0.29, 0.717) is 23.2 Å². The van der Waals surface area contributed by atoms with Crippen LogP contribution in [0.2, 0.25) is 0 Å². The fourth-order valence-electron chi connectivity index (χ4n) is 4.08. The number of anilines is 1. The molecular weight excluding hydrogens is 444 g/mol. The van der Waals surface area contributed by atoms with Crippen LogP contribution in [0.5, 0.6) is 11.5 Å². The topological polar surface area (TPSA) is 157 Å². The largest absolute Gasteiger partial charge is 0.485 e. The maximum absolute atomic E-state index is 13.2. The van der Waals surface area contributed by atoms with Gasteiger partial charge in [-0.25, -0.2) is 0 Å². The molecule has 1 aromatic carbocycles. The van der Waals surface area contributed by atoms with E-state index >= 15 is 0 Å². The van der Waals surface area contributed by atoms with Crippen LogP contribution in [0.25, 0.3) is 10.9 Å². The molecular formula is C24H36N2O8. The van der Waals surface area contributed by atoms with E-state index in [0.717, 1.165) is 32.1 Å². The molecule has 10 heteroatoms. The van der Waals surface area contributed by atoms with E-state index in [-0.39, 0.29) is 11.5 Å². The SMILES string of the molecule is CCCCCCCCOc1c(O[C@@H]2O[C@H](CO)[C@H](O)[C@H](O)[C@H]2O)c2ccc(N)cc2n(C)c1=O. The molecule has 2 heterocycles. The predicted molar refractivity (Wildman–Crippen MR) is 127 cm³/mol. The van der Waals surface area contributed by atoms with Gasteiger partial charge in [-0.1, -0.05) is 39.0 Å². The summed E-state index contributed by atoms with van der Waals surface area (Å²) in [5.41, 5.74) is 6.39. The first-order chi connectivity index (χ1) is 16.3. The molecule has 34 heavy (non-hydrogen) atoms. The average Bonchev–Trinajstić information content (AvgIpc) is 2.83. The summed E-state index contributed by atoms with van der Waals surface area (Å²) in [6, 6.07) is 4.93. The summed E-state index contributed by atoms with van der Waals surface area (Å²) in [5, 5.41) is 40.6. The number of pyridine rings is 1. The molecule has 0 spiro atoms. The van der Waals surface area contributed by atoms with Crippen LogP contribution >= 0.6 is 0 Å². The van der Waals surface area contributed by atoms with E-state index in [1.165, 1.54) is 11.0 Å². The van der Waals surface area contributed by atoms with E-state index in [4.69, 9.17) is 19.9 Å². The van der Waals surface area contributed by atoms with Gasteiger partial charge in [0.05, 0.1) is 18.7 Å². The van der Waals surface area contributed by atoms with Crippen molar-refractivity contribution in [1.29, 1.82) is 0 Å². The number of aliphatic hydroxyl groups excluding tert-OH is 4. The van der Waals surface area contributed by atoms with E-state index in [1.54, 1.807) is 25.2 Å². The molecule has 5 atom stereocenters. The van der Waals surface area contributed by atoms with Crippen LogP contribution in [0.15, 0.2) is 23.0 Å². The number of benzene rings is 1. The average molecular weight is 481 g/mol. The van der Waals surface area contributed by atoms with E-state index in [1.807, 2.05) is 0 Å². The van der Waals surface area contributed by atoms with Crippen molar-refractivity contribution in [2.45, 2.75) is 76.2 Å². The summed E-state index contributed by atoms with van der Waals surface area (Å²) >= 11 is 0. The van der Waals surface area contributed by atoms with Crippen LogP contribution in [0.1, 0.15) is 45.4 Å². The number of fused-ring (bicyclic) bond motifs is 1. The molecule has 0 bridgehead atoms. The Balaban J connectivity index is 1.92. The monoisotopic (exact) mass is 480 g/mol. The summed E-state index contributed by atoms with van der Waals surface area (Å²) in [5.74, 6) is -0.0151. The first kappa shape index (κ1) is 26.2. The van der Waals surface area contributed by atoms with Gasteiger partial charge in [0.25, 0.3) is 5.56 Å². The number of hydrogen-bond donors (Lipinski definition) is 5. The maximum Gasteiger partial charge on any atom is 0.297 e. The van der Waals surface area contributed by atoms with Gasteiger partial charge in [0.15, 0.2) is 5.75 Å². The molecule has 1 fully saturated rings. The van der Waals surface area contributed by atoms with Crippen molar-refractivity contribution in [3.63, 3.8) is 0 Å². The summed E-state index contributed by atoms with van der Waals surface area (Å²) in [4.78, 5) is 13.2. The van der Waals surface area contributed by atoms with Crippen molar-refractivity contribution in [2.75, 3.05) is 18.9 Å². The number of aliphatic hydroxyl groups is 4.